The fourth-order valence-electron chi connectivity index (χ4n) is 4.02. The Labute approximate surface area is 251 Å². The van der Waals surface area contributed by atoms with E-state index in [2.05, 4.69) is 26.6 Å². The van der Waals surface area contributed by atoms with Crippen molar-refractivity contribution in [1.29, 1.82) is 0 Å². The Kier molecular flexibility index (Phi) is 9.98. The summed E-state index contributed by atoms with van der Waals surface area (Å²) in [6, 6.07) is 16.0. The molecule has 0 spiro atoms. The highest BCUT2D eigenvalue weighted by Crippen LogP contribution is 2.34. The number of halogens is 1. The Bertz CT molecular complexity index is 1540. The van der Waals surface area contributed by atoms with Gasteiger partial charge in [0.1, 0.15) is 11.3 Å². The molecule has 2 N–H and O–H groups in total. The first-order valence-corrected chi connectivity index (χ1v) is 14.1. The molecule has 0 unspecified atom stereocenters. The lowest BCUT2D eigenvalue weighted by Gasteiger charge is -2.27. The molecule has 1 aliphatic rings. The van der Waals surface area contributed by atoms with Crippen LogP contribution in [0, 0.1) is 6.92 Å². The van der Waals surface area contributed by atoms with Gasteiger partial charge in [0.05, 0.1) is 18.9 Å². The van der Waals surface area contributed by atoms with E-state index in [1.54, 1.807) is 49.4 Å². The van der Waals surface area contributed by atoms with Crippen LogP contribution in [0.1, 0.15) is 31.4 Å². The van der Waals surface area contributed by atoms with Crippen molar-refractivity contribution in [1.82, 2.24) is 5.32 Å². The first-order chi connectivity index (χ1) is 20.2. The average molecular weight is 636 g/mol. The summed E-state index contributed by atoms with van der Waals surface area (Å²) in [5.74, 6) is -1.00. The maximum Gasteiger partial charge on any atom is 0.335 e. The van der Waals surface area contributed by atoms with Gasteiger partial charge in [0.2, 0.25) is 0 Å². The molecule has 3 aromatic carbocycles. The minimum absolute atomic E-state index is 0.196. The summed E-state index contributed by atoms with van der Waals surface area (Å²) in [7, 11) is 0. The number of imide groups is 2. The largest absolute Gasteiger partial charge is 0.490 e. The standard InChI is InChI=1S/C31H30BrN3O7/c1-4-14-41-26-13-11-23(17-27(26)40-5-2)35-30(38)24(29(37)34-31(35)39)16-20-15-21(32)8-12-25(20)42-18-28(36)33-22-9-6-19(3)7-10-22/h6-13,15-17H,4-5,14,18H2,1-3H3,(H,33,36)(H,34,37,39)/b24-16+. The molecule has 5 amide bonds. The second-order valence-corrected chi connectivity index (χ2v) is 10.2. The van der Waals surface area contributed by atoms with E-state index in [9.17, 15) is 19.2 Å². The van der Waals surface area contributed by atoms with E-state index in [0.29, 0.717) is 40.4 Å². The van der Waals surface area contributed by atoms with E-state index in [0.717, 1.165) is 16.9 Å². The lowest BCUT2D eigenvalue weighted by molar-refractivity contribution is -0.122. The first kappa shape index (κ1) is 30.3. The number of hydrogen-bond donors (Lipinski definition) is 2. The number of anilines is 2. The Hall–Kier alpha value is -4.64. The number of benzene rings is 3. The van der Waals surface area contributed by atoms with Gasteiger partial charge in [-0.25, -0.2) is 9.69 Å². The molecule has 42 heavy (non-hydrogen) atoms. The summed E-state index contributed by atoms with van der Waals surface area (Å²) in [6.45, 7) is 6.21. The highest BCUT2D eigenvalue weighted by molar-refractivity contribution is 9.10. The number of nitrogens with one attached hydrogen (secondary N) is 2. The number of amides is 5. The normalized spacial score (nSPS) is 14.0. The van der Waals surface area contributed by atoms with Crippen molar-refractivity contribution in [2.24, 2.45) is 0 Å². The minimum atomic E-state index is -0.898. The van der Waals surface area contributed by atoms with Crippen LogP contribution >= 0.6 is 15.9 Å². The quantitative estimate of drug-likeness (QED) is 0.207. The van der Waals surface area contributed by atoms with Crippen LogP contribution in [0.25, 0.3) is 6.08 Å². The van der Waals surface area contributed by atoms with Gasteiger partial charge in [-0.05, 0) is 68.8 Å². The van der Waals surface area contributed by atoms with E-state index in [1.165, 1.54) is 12.1 Å². The van der Waals surface area contributed by atoms with Crippen molar-refractivity contribution in [2.45, 2.75) is 27.2 Å². The molecular formula is C31H30BrN3O7. The maximum absolute atomic E-state index is 13.6. The summed E-state index contributed by atoms with van der Waals surface area (Å²) < 4.78 is 17.8. The van der Waals surface area contributed by atoms with Crippen LogP contribution in [0.15, 0.2) is 70.7 Å². The van der Waals surface area contributed by atoms with Gasteiger partial charge in [-0.15, -0.1) is 0 Å². The van der Waals surface area contributed by atoms with Gasteiger partial charge in [-0.2, -0.15) is 0 Å². The SMILES string of the molecule is CCCOc1ccc(N2C(=O)NC(=O)/C(=C\c3cc(Br)ccc3OCC(=O)Nc3ccc(C)cc3)C2=O)cc1OCC. The van der Waals surface area contributed by atoms with Crippen LogP contribution in [0.4, 0.5) is 16.2 Å². The van der Waals surface area contributed by atoms with Gasteiger partial charge >= 0.3 is 6.03 Å². The molecule has 4 rings (SSSR count). The zero-order valence-corrected chi connectivity index (χ0v) is 24.9. The van der Waals surface area contributed by atoms with Crippen molar-refractivity contribution in [3.63, 3.8) is 0 Å². The Morgan fingerprint density at radius 2 is 1.67 bits per heavy atom. The predicted molar refractivity (Wildman–Crippen MR) is 162 cm³/mol. The molecule has 0 aliphatic carbocycles. The Morgan fingerprint density at radius 1 is 0.929 bits per heavy atom. The number of urea groups is 1. The molecule has 0 saturated carbocycles. The zero-order valence-electron chi connectivity index (χ0n) is 23.4. The topological polar surface area (TPSA) is 123 Å². The fraction of sp³-hybridized carbons (Fsp3) is 0.226. The minimum Gasteiger partial charge on any atom is -0.490 e. The van der Waals surface area contributed by atoms with Gasteiger partial charge < -0.3 is 19.5 Å². The van der Waals surface area contributed by atoms with E-state index in [-0.39, 0.29) is 29.5 Å². The lowest BCUT2D eigenvalue weighted by atomic mass is 10.1. The predicted octanol–water partition coefficient (Wildman–Crippen LogP) is 5.63. The van der Waals surface area contributed by atoms with Crippen LogP contribution in [-0.4, -0.2) is 43.6 Å². The monoisotopic (exact) mass is 635 g/mol. The molecule has 218 valence electrons. The molecule has 11 heteroatoms. The molecule has 1 aliphatic heterocycles. The van der Waals surface area contributed by atoms with Gasteiger partial charge in [-0.1, -0.05) is 40.5 Å². The second-order valence-electron chi connectivity index (χ2n) is 9.26. The number of barbiturate groups is 1. The van der Waals surface area contributed by atoms with Crippen LogP contribution in [0.5, 0.6) is 17.2 Å². The lowest BCUT2D eigenvalue weighted by Crippen LogP contribution is -2.54. The van der Waals surface area contributed by atoms with Crippen LogP contribution in [0.2, 0.25) is 0 Å². The third kappa shape index (κ3) is 7.35. The summed E-state index contributed by atoms with van der Waals surface area (Å²) in [5.41, 5.74) is 1.93. The van der Waals surface area contributed by atoms with Crippen molar-refractivity contribution >= 4 is 57.1 Å². The number of carbonyl (C=O) groups excluding carboxylic acids is 4. The van der Waals surface area contributed by atoms with Crippen molar-refractivity contribution in [2.75, 3.05) is 30.0 Å². The number of ether oxygens (including phenoxy) is 3. The van der Waals surface area contributed by atoms with E-state index >= 15 is 0 Å². The van der Waals surface area contributed by atoms with Crippen LogP contribution < -0.4 is 29.7 Å². The van der Waals surface area contributed by atoms with E-state index < -0.39 is 17.8 Å². The Morgan fingerprint density at radius 3 is 2.38 bits per heavy atom. The summed E-state index contributed by atoms with van der Waals surface area (Å²) in [4.78, 5) is 52.5. The Balaban J connectivity index is 1.59. The summed E-state index contributed by atoms with van der Waals surface area (Å²) in [6.07, 6.45) is 2.10. The van der Waals surface area contributed by atoms with E-state index in [4.69, 9.17) is 14.2 Å². The number of nitrogens with zero attached hydrogens (tertiary/aromatic N) is 1. The molecule has 1 fully saturated rings. The summed E-state index contributed by atoms with van der Waals surface area (Å²) in [5, 5.41) is 4.97. The first-order valence-electron chi connectivity index (χ1n) is 13.3. The molecule has 3 aromatic rings. The number of hydrogen-bond acceptors (Lipinski definition) is 7. The van der Waals surface area contributed by atoms with Crippen molar-refractivity contribution < 1.29 is 33.4 Å². The third-order valence-electron chi connectivity index (χ3n) is 6.01. The van der Waals surface area contributed by atoms with Gasteiger partial charge in [0.15, 0.2) is 18.1 Å². The fourth-order valence-corrected chi connectivity index (χ4v) is 4.40. The molecule has 0 bridgehead atoms. The molecule has 1 saturated heterocycles. The van der Waals surface area contributed by atoms with Gasteiger partial charge in [0.25, 0.3) is 17.7 Å². The number of aryl methyl sites for hydroxylation is 1. The highest BCUT2D eigenvalue weighted by Gasteiger charge is 2.37. The zero-order chi connectivity index (χ0) is 30.2. The third-order valence-corrected chi connectivity index (χ3v) is 6.51. The van der Waals surface area contributed by atoms with Crippen molar-refractivity contribution in [3.8, 4) is 17.2 Å². The second kappa shape index (κ2) is 13.8. The van der Waals surface area contributed by atoms with Crippen LogP contribution in [0.3, 0.4) is 0 Å². The molecule has 0 radical (unpaired) electrons. The van der Waals surface area contributed by atoms with Crippen LogP contribution in [-0.2, 0) is 14.4 Å². The average Bonchev–Trinajstić information content (AvgIpc) is 2.95. The molecule has 10 nitrogen and oxygen atoms in total. The van der Waals surface area contributed by atoms with Gasteiger partial charge in [-0.3, -0.25) is 19.7 Å². The number of carbonyl (C=O) groups is 4. The molecule has 0 aromatic heterocycles. The maximum atomic E-state index is 13.6. The summed E-state index contributed by atoms with van der Waals surface area (Å²) >= 11 is 3.39. The van der Waals surface area contributed by atoms with Gasteiger partial charge in [0, 0.05) is 21.8 Å². The molecule has 0 atom stereocenters. The molecule has 1 heterocycles. The number of rotatable bonds is 11. The molecular weight excluding hydrogens is 606 g/mol. The highest BCUT2D eigenvalue weighted by atomic mass is 79.9. The smallest absolute Gasteiger partial charge is 0.335 e. The van der Waals surface area contributed by atoms with E-state index in [1.807, 2.05) is 26.0 Å². The van der Waals surface area contributed by atoms with Crippen molar-refractivity contribution in [3.05, 3.63) is 81.8 Å².